The Balaban J connectivity index is 1.69. The molecule has 4 rings (SSSR count). The molecule has 30 heavy (non-hydrogen) atoms. The van der Waals surface area contributed by atoms with E-state index in [0.29, 0.717) is 35.3 Å². The van der Waals surface area contributed by atoms with Crippen molar-refractivity contribution in [2.45, 2.75) is 25.4 Å². The van der Waals surface area contributed by atoms with Crippen molar-refractivity contribution in [3.8, 4) is 11.5 Å². The van der Waals surface area contributed by atoms with Gasteiger partial charge in [0, 0.05) is 6.61 Å². The summed E-state index contributed by atoms with van der Waals surface area (Å²) in [6, 6.07) is 9.61. The van der Waals surface area contributed by atoms with E-state index in [2.05, 4.69) is 0 Å². The quantitative estimate of drug-likeness (QED) is 0.562. The summed E-state index contributed by atoms with van der Waals surface area (Å²) in [6.45, 7) is 1.12. The van der Waals surface area contributed by atoms with Gasteiger partial charge in [0.15, 0.2) is 5.13 Å². The highest BCUT2D eigenvalue weighted by molar-refractivity contribution is 7.22. The molecule has 1 amide bonds. The van der Waals surface area contributed by atoms with E-state index >= 15 is 0 Å². The van der Waals surface area contributed by atoms with Crippen LogP contribution in [-0.4, -0.2) is 44.4 Å². The number of thiazole rings is 1. The average Bonchev–Trinajstić information content (AvgIpc) is 3.42. The first kappa shape index (κ1) is 20.6. The van der Waals surface area contributed by atoms with Crippen molar-refractivity contribution in [2.24, 2.45) is 0 Å². The summed E-state index contributed by atoms with van der Waals surface area (Å²) < 4.78 is 30.7. The fourth-order valence-corrected chi connectivity index (χ4v) is 4.64. The molecule has 0 bridgehead atoms. The Morgan fingerprint density at radius 3 is 2.60 bits per heavy atom. The number of hydrogen-bond donors (Lipinski definition) is 0. The largest absolute Gasteiger partial charge is 0.495 e. The Hall–Kier alpha value is -2.71. The Morgan fingerprint density at radius 1 is 1.20 bits per heavy atom. The van der Waals surface area contributed by atoms with Crippen LogP contribution in [0.1, 0.15) is 18.4 Å². The molecule has 8 heteroatoms. The van der Waals surface area contributed by atoms with Gasteiger partial charge in [0.25, 0.3) is 0 Å². The lowest BCUT2D eigenvalue weighted by molar-refractivity contribution is -0.118. The van der Waals surface area contributed by atoms with Crippen molar-refractivity contribution >= 4 is 32.6 Å². The first-order chi connectivity index (χ1) is 14.6. The third kappa shape index (κ3) is 4.24. The molecule has 0 radical (unpaired) electrons. The molecule has 1 atom stereocenters. The average molecular weight is 431 g/mol. The molecule has 158 valence electrons. The number of hydrogen-bond acceptors (Lipinski definition) is 6. The maximum absolute atomic E-state index is 13.3. The summed E-state index contributed by atoms with van der Waals surface area (Å²) in [5.41, 5.74) is 1.40. The number of methoxy groups -OCH3 is 2. The lowest BCUT2D eigenvalue weighted by atomic mass is 10.1. The number of nitrogens with zero attached hydrogens (tertiary/aromatic N) is 2. The van der Waals surface area contributed by atoms with Gasteiger partial charge < -0.3 is 14.2 Å². The van der Waals surface area contributed by atoms with Crippen molar-refractivity contribution in [1.82, 2.24) is 4.98 Å². The van der Waals surface area contributed by atoms with Gasteiger partial charge in [0.05, 0.1) is 33.3 Å². The van der Waals surface area contributed by atoms with Gasteiger partial charge in [-0.3, -0.25) is 9.69 Å². The molecule has 0 N–H and O–H groups in total. The van der Waals surface area contributed by atoms with Crippen LogP contribution in [0.3, 0.4) is 0 Å². The van der Waals surface area contributed by atoms with E-state index in [4.69, 9.17) is 19.2 Å². The Bertz CT molecular complexity index is 991. The number of carbonyl (C=O) groups is 1. The molecule has 0 aliphatic carbocycles. The molecule has 2 aromatic carbocycles. The number of amides is 1. The van der Waals surface area contributed by atoms with Crippen LogP contribution < -0.4 is 14.4 Å². The van der Waals surface area contributed by atoms with E-state index in [1.165, 1.54) is 23.5 Å². The molecule has 1 aromatic heterocycles. The lowest BCUT2D eigenvalue weighted by Crippen LogP contribution is -2.38. The highest BCUT2D eigenvalue weighted by Crippen LogP contribution is 2.40. The second-order valence-electron chi connectivity index (χ2n) is 7.09. The predicted octanol–water partition coefficient (Wildman–Crippen LogP) is 4.21. The Kier molecular flexibility index (Phi) is 6.15. The fraction of sp³-hybridized carbons (Fsp3) is 0.364. The molecule has 2 heterocycles. The molecule has 1 aliphatic heterocycles. The minimum absolute atomic E-state index is 0.0297. The van der Waals surface area contributed by atoms with Gasteiger partial charge in [-0.05, 0) is 42.7 Å². The number of halogens is 1. The van der Waals surface area contributed by atoms with Gasteiger partial charge in [-0.25, -0.2) is 9.37 Å². The number of ether oxygens (including phenoxy) is 3. The summed E-state index contributed by atoms with van der Waals surface area (Å²) >= 11 is 1.38. The summed E-state index contributed by atoms with van der Waals surface area (Å²) in [7, 11) is 3.19. The van der Waals surface area contributed by atoms with Crippen molar-refractivity contribution < 1.29 is 23.4 Å². The van der Waals surface area contributed by atoms with Crippen LogP contribution in [0.25, 0.3) is 10.2 Å². The summed E-state index contributed by atoms with van der Waals surface area (Å²) in [6.07, 6.45) is 2.00. The van der Waals surface area contributed by atoms with Gasteiger partial charge in [-0.15, -0.1) is 0 Å². The van der Waals surface area contributed by atoms with E-state index in [1.807, 2.05) is 6.07 Å². The topological polar surface area (TPSA) is 60.9 Å². The maximum Gasteiger partial charge on any atom is 0.233 e. The Morgan fingerprint density at radius 2 is 1.93 bits per heavy atom. The van der Waals surface area contributed by atoms with Crippen LogP contribution in [-0.2, 0) is 16.0 Å². The van der Waals surface area contributed by atoms with E-state index in [9.17, 15) is 9.18 Å². The smallest absolute Gasteiger partial charge is 0.233 e. The van der Waals surface area contributed by atoms with Crippen molar-refractivity contribution in [3.05, 3.63) is 47.8 Å². The molecule has 0 saturated carbocycles. The van der Waals surface area contributed by atoms with Crippen molar-refractivity contribution in [1.29, 1.82) is 0 Å². The molecule has 6 nitrogen and oxygen atoms in total. The van der Waals surface area contributed by atoms with Gasteiger partial charge in [0.2, 0.25) is 5.91 Å². The first-order valence-electron chi connectivity index (χ1n) is 9.77. The summed E-state index contributed by atoms with van der Waals surface area (Å²) in [5.74, 6) is 0.857. The third-order valence-corrected chi connectivity index (χ3v) is 6.20. The monoisotopic (exact) mass is 430 g/mol. The highest BCUT2D eigenvalue weighted by Gasteiger charge is 2.27. The molecule has 1 unspecified atom stereocenters. The van der Waals surface area contributed by atoms with Gasteiger partial charge >= 0.3 is 0 Å². The van der Waals surface area contributed by atoms with E-state index < -0.39 is 0 Å². The molecule has 0 spiro atoms. The van der Waals surface area contributed by atoms with Crippen molar-refractivity contribution in [2.75, 3.05) is 32.3 Å². The normalized spacial score (nSPS) is 16.0. The summed E-state index contributed by atoms with van der Waals surface area (Å²) in [5, 5.41) is 0.565. The maximum atomic E-state index is 13.3. The van der Waals surface area contributed by atoms with Gasteiger partial charge in [-0.1, -0.05) is 23.5 Å². The first-order valence-corrected chi connectivity index (χ1v) is 10.6. The van der Waals surface area contributed by atoms with Crippen LogP contribution in [0.15, 0.2) is 36.4 Å². The highest BCUT2D eigenvalue weighted by atomic mass is 32.1. The molecular weight excluding hydrogens is 407 g/mol. The number of carbonyl (C=O) groups excluding carboxylic acids is 1. The van der Waals surface area contributed by atoms with Gasteiger partial charge in [-0.2, -0.15) is 0 Å². The van der Waals surface area contributed by atoms with Crippen LogP contribution in [0.5, 0.6) is 11.5 Å². The second-order valence-corrected chi connectivity index (χ2v) is 8.06. The third-order valence-electron chi connectivity index (χ3n) is 5.11. The predicted molar refractivity (Wildman–Crippen MR) is 114 cm³/mol. The molecule has 1 fully saturated rings. The number of rotatable bonds is 7. The minimum atomic E-state index is -0.326. The van der Waals surface area contributed by atoms with E-state index in [-0.39, 0.29) is 24.2 Å². The van der Waals surface area contributed by atoms with E-state index in [0.717, 1.165) is 23.1 Å². The summed E-state index contributed by atoms with van der Waals surface area (Å²) in [4.78, 5) is 19.6. The zero-order chi connectivity index (χ0) is 21.1. The van der Waals surface area contributed by atoms with Gasteiger partial charge in [0.1, 0.15) is 27.5 Å². The second kappa shape index (κ2) is 8.97. The number of anilines is 1. The molecule has 3 aromatic rings. The fourth-order valence-electron chi connectivity index (χ4n) is 3.54. The zero-order valence-electron chi connectivity index (χ0n) is 16.9. The van der Waals surface area contributed by atoms with Crippen LogP contribution >= 0.6 is 11.3 Å². The van der Waals surface area contributed by atoms with Crippen molar-refractivity contribution in [3.63, 3.8) is 0 Å². The standard InChI is InChI=1S/C22H23FN2O4S/c1-27-17-9-10-18(28-2)21-20(17)24-22(30-21)25(13-16-4-3-11-29-16)19(26)12-14-5-7-15(23)8-6-14/h5-10,16H,3-4,11-13H2,1-2H3. The SMILES string of the molecule is COc1ccc(OC)c2sc(N(CC3CCCO3)C(=O)Cc3ccc(F)cc3)nc12. The Labute approximate surface area is 178 Å². The van der Waals surface area contributed by atoms with Crippen LogP contribution in [0.4, 0.5) is 9.52 Å². The number of benzene rings is 2. The molecular formula is C22H23FN2O4S. The minimum Gasteiger partial charge on any atom is -0.495 e. The molecule has 1 saturated heterocycles. The zero-order valence-corrected chi connectivity index (χ0v) is 17.7. The number of aromatic nitrogens is 1. The van der Waals surface area contributed by atoms with Crippen LogP contribution in [0, 0.1) is 5.82 Å². The molecule has 1 aliphatic rings. The van der Waals surface area contributed by atoms with E-state index in [1.54, 1.807) is 37.3 Å². The number of fused-ring (bicyclic) bond motifs is 1. The lowest BCUT2D eigenvalue weighted by Gasteiger charge is -2.23. The van der Waals surface area contributed by atoms with Crippen LogP contribution in [0.2, 0.25) is 0 Å².